The summed E-state index contributed by atoms with van der Waals surface area (Å²) in [6.07, 6.45) is 4.69. The van der Waals surface area contributed by atoms with Crippen molar-refractivity contribution in [1.29, 1.82) is 0 Å². The fourth-order valence-electron chi connectivity index (χ4n) is 4.19. The molecule has 0 aliphatic carbocycles. The average molecular weight is 500 g/mol. The first-order valence-corrected chi connectivity index (χ1v) is 11.9. The van der Waals surface area contributed by atoms with Crippen molar-refractivity contribution < 1.29 is 9.59 Å². The lowest BCUT2D eigenvalue weighted by Crippen LogP contribution is -2.41. The highest BCUT2D eigenvalue weighted by molar-refractivity contribution is 6.04. The van der Waals surface area contributed by atoms with Gasteiger partial charge in [0, 0.05) is 23.5 Å². The van der Waals surface area contributed by atoms with Crippen LogP contribution >= 0.6 is 0 Å². The van der Waals surface area contributed by atoms with E-state index in [-0.39, 0.29) is 5.56 Å². The summed E-state index contributed by atoms with van der Waals surface area (Å²) in [5.41, 5.74) is 9.73. The van der Waals surface area contributed by atoms with Gasteiger partial charge in [0.1, 0.15) is 11.3 Å². The number of benzene rings is 3. The highest BCUT2D eigenvalue weighted by Gasteiger charge is 2.21. The lowest BCUT2D eigenvalue weighted by Gasteiger charge is -2.07. The van der Waals surface area contributed by atoms with Crippen LogP contribution in [-0.2, 0) is 0 Å². The Labute approximate surface area is 217 Å². The van der Waals surface area contributed by atoms with Crippen LogP contribution in [0.5, 0.6) is 0 Å². The van der Waals surface area contributed by atoms with Crippen molar-refractivity contribution in [1.82, 2.24) is 35.2 Å². The van der Waals surface area contributed by atoms with Gasteiger partial charge in [0.05, 0.1) is 23.1 Å². The average Bonchev–Trinajstić information content (AvgIpc) is 3.63. The number of aromatic nitrogens is 5. The molecule has 0 saturated carbocycles. The van der Waals surface area contributed by atoms with Crippen molar-refractivity contribution in [3.8, 4) is 28.2 Å². The molecule has 0 radical (unpaired) electrons. The quantitative estimate of drug-likeness (QED) is 0.344. The summed E-state index contributed by atoms with van der Waals surface area (Å²) >= 11 is 0. The Kier molecular flexibility index (Phi) is 5.91. The number of carbonyl (C=O) groups excluding carboxylic acids is 2. The van der Waals surface area contributed by atoms with E-state index in [9.17, 15) is 9.59 Å². The first-order valence-electron chi connectivity index (χ1n) is 11.9. The molecule has 9 nitrogen and oxygen atoms in total. The summed E-state index contributed by atoms with van der Waals surface area (Å²) in [6, 6.07) is 30.4. The molecule has 9 heteroatoms. The Morgan fingerprint density at radius 1 is 0.684 bits per heavy atom. The lowest BCUT2D eigenvalue weighted by atomic mass is 10.1. The van der Waals surface area contributed by atoms with Gasteiger partial charge in [-0.2, -0.15) is 10.2 Å². The van der Waals surface area contributed by atoms with Gasteiger partial charge < -0.3 is 0 Å². The Bertz CT molecular complexity index is 1740. The maximum atomic E-state index is 13.2. The topological polar surface area (TPSA) is 106 Å². The van der Waals surface area contributed by atoms with Gasteiger partial charge in [-0.3, -0.25) is 20.4 Å². The number of para-hydroxylation sites is 1. The van der Waals surface area contributed by atoms with Gasteiger partial charge in [-0.05, 0) is 18.2 Å². The molecule has 0 unspecified atom stereocenters. The maximum Gasteiger partial charge on any atom is 0.275 e. The molecule has 2 N–H and O–H groups in total. The van der Waals surface area contributed by atoms with Crippen molar-refractivity contribution in [3.05, 3.63) is 127 Å². The lowest BCUT2D eigenvalue weighted by molar-refractivity contribution is 0.0847. The number of hydrogen-bond donors (Lipinski definition) is 2. The number of fused-ring (bicyclic) bond motifs is 1. The number of rotatable bonds is 5. The van der Waals surface area contributed by atoms with Crippen LogP contribution in [-0.4, -0.2) is 36.2 Å². The fraction of sp³-hybridized carbons (Fsp3) is 0. The third kappa shape index (κ3) is 4.28. The third-order valence-corrected chi connectivity index (χ3v) is 6.03. The molecule has 6 aromatic rings. The standard InChI is InChI=1S/C29H21N7O2/c37-28(23-18-31-36-25(16-17-30-27(23)36)20-10-4-1-5-11-20)32-33-29(38)24-19-35(22-14-8-3-9-15-22)34-26(24)21-12-6-2-7-13-21/h1-19H,(H,32,37)(H,33,38). The summed E-state index contributed by atoms with van der Waals surface area (Å²) in [5, 5.41) is 9.01. The molecule has 0 atom stereocenters. The number of amides is 2. The summed E-state index contributed by atoms with van der Waals surface area (Å²) in [5.74, 6) is -1.04. The zero-order chi connectivity index (χ0) is 25.9. The van der Waals surface area contributed by atoms with E-state index < -0.39 is 11.8 Å². The highest BCUT2D eigenvalue weighted by Crippen LogP contribution is 2.24. The second-order valence-electron chi connectivity index (χ2n) is 8.44. The molecule has 6 rings (SSSR count). The van der Waals surface area contributed by atoms with E-state index in [2.05, 4.69) is 26.0 Å². The summed E-state index contributed by atoms with van der Waals surface area (Å²) in [6.45, 7) is 0. The van der Waals surface area contributed by atoms with Crippen LogP contribution in [0.3, 0.4) is 0 Å². The molecule has 0 saturated heterocycles. The SMILES string of the molecule is O=C(NNC(=O)c1cnn2c(-c3ccccc3)ccnc12)c1cn(-c2ccccc2)nc1-c1ccccc1. The molecule has 3 aromatic carbocycles. The zero-order valence-electron chi connectivity index (χ0n) is 20.0. The van der Waals surface area contributed by atoms with E-state index in [1.165, 1.54) is 6.20 Å². The second-order valence-corrected chi connectivity index (χ2v) is 8.44. The predicted octanol–water partition coefficient (Wildman–Crippen LogP) is 4.32. The Hall–Kier alpha value is -5.57. The molecule has 0 bridgehead atoms. The van der Waals surface area contributed by atoms with E-state index in [4.69, 9.17) is 0 Å². The highest BCUT2D eigenvalue weighted by atomic mass is 16.2. The number of nitrogens with one attached hydrogen (secondary N) is 2. The van der Waals surface area contributed by atoms with Crippen molar-refractivity contribution in [3.63, 3.8) is 0 Å². The Morgan fingerprint density at radius 2 is 1.29 bits per heavy atom. The molecule has 3 aromatic heterocycles. The minimum absolute atomic E-state index is 0.228. The van der Waals surface area contributed by atoms with Gasteiger partial charge in [-0.1, -0.05) is 78.9 Å². The fourth-order valence-corrected chi connectivity index (χ4v) is 4.19. The van der Waals surface area contributed by atoms with Crippen LogP contribution in [0.15, 0.2) is 116 Å². The van der Waals surface area contributed by atoms with Crippen LogP contribution < -0.4 is 10.9 Å². The normalized spacial score (nSPS) is 10.8. The van der Waals surface area contributed by atoms with E-state index >= 15 is 0 Å². The first kappa shape index (κ1) is 22.9. The number of hydrogen-bond acceptors (Lipinski definition) is 5. The minimum Gasteiger partial charge on any atom is -0.267 e. The molecule has 3 heterocycles. The molecule has 184 valence electrons. The van der Waals surface area contributed by atoms with Crippen LogP contribution in [0, 0.1) is 0 Å². The van der Waals surface area contributed by atoms with Gasteiger partial charge >= 0.3 is 0 Å². The van der Waals surface area contributed by atoms with E-state index in [0.717, 1.165) is 22.5 Å². The first-order chi connectivity index (χ1) is 18.7. The third-order valence-electron chi connectivity index (χ3n) is 6.03. The van der Waals surface area contributed by atoms with Crippen LogP contribution in [0.2, 0.25) is 0 Å². The molecule has 0 fully saturated rings. The second kappa shape index (κ2) is 9.82. The van der Waals surface area contributed by atoms with Gasteiger partial charge in [0.2, 0.25) is 0 Å². The van der Waals surface area contributed by atoms with E-state index in [1.54, 1.807) is 21.6 Å². The van der Waals surface area contributed by atoms with Crippen LogP contribution in [0.1, 0.15) is 20.7 Å². The molecular formula is C29H21N7O2. The molecular weight excluding hydrogens is 478 g/mol. The zero-order valence-corrected chi connectivity index (χ0v) is 20.0. The smallest absolute Gasteiger partial charge is 0.267 e. The number of hydrazine groups is 1. The summed E-state index contributed by atoms with van der Waals surface area (Å²) < 4.78 is 3.24. The van der Waals surface area contributed by atoms with Gasteiger partial charge in [0.15, 0.2) is 5.65 Å². The summed E-state index contributed by atoms with van der Waals surface area (Å²) in [7, 11) is 0. The van der Waals surface area contributed by atoms with Gasteiger partial charge in [0.25, 0.3) is 11.8 Å². The van der Waals surface area contributed by atoms with E-state index in [1.807, 2.05) is 97.1 Å². The molecule has 0 spiro atoms. The van der Waals surface area contributed by atoms with Crippen molar-refractivity contribution in [2.45, 2.75) is 0 Å². The van der Waals surface area contributed by atoms with Crippen LogP contribution in [0.4, 0.5) is 0 Å². The summed E-state index contributed by atoms with van der Waals surface area (Å²) in [4.78, 5) is 30.6. The van der Waals surface area contributed by atoms with Gasteiger partial charge in [-0.25, -0.2) is 14.2 Å². The molecule has 38 heavy (non-hydrogen) atoms. The van der Waals surface area contributed by atoms with Crippen molar-refractivity contribution in [2.75, 3.05) is 0 Å². The Balaban J connectivity index is 1.27. The predicted molar refractivity (Wildman–Crippen MR) is 142 cm³/mol. The maximum absolute atomic E-state index is 13.2. The van der Waals surface area contributed by atoms with Crippen LogP contribution in [0.25, 0.3) is 33.8 Å². The van der Waals surface area contributed by atoms with Crippen molar-refractivity contribution in [2.24, 2.45) is 0 Å². The largest absolute Gasteiger partial charge is 0.275 e. The molecule has 2 amide bonds. The monoisotopic (exact) mass is 499 g/mol. The number of nitrogens with zero attached hydrogens (tertiary/aromatic N) is 5. The van der Waals surface area contributed by atoms with E-state index in [0.29, 0.717) is 16.9 Å². The molecule has 0 aliphatic rings. The van der Waals surface area contributed by atoms with Crippen molar-refractivity contribution >= 4 is 17.5 Å². The Morgan fingerprint density at radius 3 is 1.97 bits per heavy atom. The minimum atomic E-state index is -0.539. The molecule has 0 aliphatic heterocycles. The number of carbonyl (C=O) groups is 2. The van der Waals surface area contributed by atoms with Gasteiger partial charge in [-0.15, -0.1) is 0 Å².